The van der Waals surface area contributed by atoms with Crippen LogP contribution in [-0.4, -0.2) is 25.8 Å². The summed E-state index contributed by atoms with van der Waals surface area (Å²) in [4.78, 5) is 0. The van der Waals surface area contributed by atoms with Crippen LogP contribution in [0.1, 0.15) is 39.5 Å². The van der Waals surface area contributed by atoms with E-state index in [1.807, 2.05) is 0 Å². The Morgan fingerprint density at radius 3 is 3.00 bits per heavy atom. The van der Waals surface area contributed by atoms with Gasteiger partial charge in [0.1, 0.15) is 0 Å². The van der Waals surface area contributed by atoms with Gasteiger partial charge in [0.15, 0.2) is 0 Å². The van der Waals surface area contributed by atoms with E-state index in [9.17, 15) is 0 Å². The van der Waals surface area contributed by atoms with Gasteiger partial charge in [0.25, 0.3) is 0 Å². The number of ether oxygens (including phenoxy) is 1. The largest absolute Gasteiger partial charge is 0.378 e. The SMILES string of the molecule is CC(C)CCNCC1CCC2CC1CO2. The fraction of sp³-hybridized carbons (Fsp3) is 1.00. The first-order chi connectivity index (χ1) is 7.25. The molecular formula is C13H25NO. The summed E-state index contributed by atoms with van der Waals surface area (Å²) in [6, 6.07) is 0. The zero-order valence-corrected chi connectivity index (χ0v) is 10.2. The molecule has 0 aromatic heterocycles. The molecule has 1 aliphatic heterocycles. The highest BCUT2D eigenvalue weighted by Gasteiger charge is 2.36. The first-order valence-electron chi connectivity index (χ1n) is 6.58. The van der Waals surface area contributed by atoms with Crippen molar-refractivity contribution in [3.8, 4) is 0 Å². The minimum absolute atomic E-state index is 0.613. The van der Waals surface area contributed by atoms with Crippen molar-refractivity contribution in [1.29, 1.82) is 0 Å². The van der Waals surface area contributed by atoms with Crippen molar-refractivity contribution in [3.05, 3.63) is 0 Å². The molecule has 1 N–H and O–H groups in total. The van der Waals surface area contributed by atoms with Crippen molar-refractivity contribution in [2.75, 3.05) is 19.7 Å². The van der Waals surface area contributed by atoms with Crippen molar-refractivity contribution < 1.29 is 4.74 Å². The Morgan fingerprint density at radius 2 is 2.20 bits per heavy atom. The number of nitrogens with one attached hydrogen (secondary N) is 1. The van der Waals surface area contributed by atoms with Crippen molar-refractivity contribution in [3.63, 3.8) is 0 Å². The second-order valence-electron chi connectivity index (χ2n) is 5.68. The van der Waals surface area contributed by atoms with Crippen LogP contribution in [0.5, 0.6) is 0 Å². The maximum Gasteiger partial charge on any atom is 0.0579 e. The van der Waals surface area contributed by atoms with Crippen molar-refractivity contribution >= 4 is 0 Å². The molecule has 0 spiro atoms. The van der Waals surface area contributed by atoms with Crippen molar-refractivity contribution in [2.24, 2.45) is 17.8 Å². The topological polar surface area (TPSA) is 21.3 Å². The summed E-state index contributed by atoms with van der Waals surface area (Å²) in [5, 5.41) is 3.61. The zero-order valence-electron chi connectivity index (χ0n) is 10.2. The van der Waals surface area contributed by atoms with Crippen LogP contribution in [0.25, 0.3) is 0 Å². The summed E-state index contributed by atoms with van der Waals surface area (Å²) in [7, 11) is 0. The van der Waals surface area contributed by atoms with Gasteiger partial charge in [-0.3, -0.25) is 0 Å². The Balaban J connectivity index is 1.62. The third-order valence-electron chi connectivity index (χ3n) is 3.94. The van der Waals surface area contributed by atoms with Gasteiger partial charge in [-0.05, 0) is 56.5 Å². The molecule has 0 amide bonds. The molecule has 2 bridgehead atoms. The first kappa shape index (κ1) is 11.4. The highest BCUT2D eigenvalue weighted by Crippen LogP contribution is 2.37. The van der Waals surface area contributed by atoms with Gasteiger partial charge < -0.3 is 10.1 Å². The summed E-state index contributed by atoms with van der Waals surface area (Å²) in [6.07, 6.45) is 5.92. The Bertz CT molecular complexity index is 193. The van der Waals surface area contributed by atoms with E-state index in [-0.39, 0.29) is 0 Å². The smallest absolute Gasteiger partial charge is 0.0579 e. The Hall–Kier alpha value is -0.0800. The third-order valence-corrected chi connectivity index (χ3v) is 3.94. The molecule has 15 heavy (non-hydrogen) atoms. The Labute approximate surface area is 93.8 Å². The molecule has 1 saturated heterocycles. The lowest BCUT2D eigenvalue weighted by Gasteiger charge is -2.27. The van der Waals surface area contributed by atoms with E-state index in [0.29, 0.717) is 6.10 Å². The van der Waals surface area contributed by atoms with Crippen LogP contribution < -0.4 is 5.32 Å². The average molecular weight is 211 g/mol. The lowest BCUT2D eigenvalue weighted by Crippen LogP contribution is -2.32. The summed E-state index contributed by atoms with van der Waals surface area (Å²) in [5.41, 5.74) is 0. The van der Waals surface area contributed by atoms with E-state index in [2.05, 4.69) is 19.2 Å². The molecule has 2 aliphatic rings. The predicted octanol–water partition coefficient (Wildman–Crippen LogP) is 2.44. The summed E-state index contributed by atoms with van der Waals surface area (Å²) < 4.78 is 5.72. The van der Waals surface area contributed by atoms with Crippen LogP contribution in [0.3, 0.4) is 0 Å². The second kappa shape index (κ2) is 5.31. The van der Waals surface area contributed by atoms with Crippen LogP contribution in [0.2, 0.25) is 0 Å². The first-order valence-corrected chi connectivity index (χ1v) is 6.58. The molecule has 0 aromatic rings. The molecule has 88 valence electrons. The van der Waals surface area contributed by atoms with E-state index >= 15 is 0 Å². The van der Waals surface area contributed by atoms with Crippen LogP contribution >= 0.6 is 0 Å². The van der Waals surface area contributed by atoms with Gasteiger partial charge in [-0.1, -0.05) is 13.8 Å². The monoisotopic (exact) mass is 211 g/mol. The Kier molecular flexibility index (Phi) is 4.04. The van der Waals surface area contributed by atoms with Crippen LogP contribution in [-0.2, 0) is 4.74 Å². The molecule has 2 fully saturated rings. The molecular weight excluding hydrogens is 186 g/mol. The molecule has 2 heteroatoms. The molecule has 1 aliphatic carbocycles. The highest BCUT2D eigenvalue weighted by molar-refractivity contribution is 4.86. The minimum Gasteiger partial charge on any atom is -0.378 e. The number of hydrogen-bond acceptors (Lipinski definition) is 2. The molecule has 2 rings (SSSR count). The normalized spacial score (nSPS) is 35.0. The van der Waals surface area contributed by atoms with E-state index in [4.69, 9.17) is 4.74 Å². The van der Waals surface area contributed by atoms with Gasteiger partial charge >= 0.3 is 0 Å². The molecule has 3 unspecified atom stereocenters. The fourth-order valence-electron chi connectivity index (χ4n) is 2.85. The van der Waals surface area contributed by atoms with Crippen molar-refractivity contribution in [2.45, 2.75) is 45.6 Å². The van der Waals surface area contributed by atoms with Crippen LogP contribution in [0.15, 0.2) is 0 Å². The zero-order chi connectivity index (χ0) is 10.7. The lowest BCUT2D eigenvalue weighted by atomic mass is 9.80. The molecule has 3 atom stereocenters. The summed E-state index contributed by atoms with van der Waals surface area (Å²) in [6.45, 7) is 8.01. The fourth-order valence-corrected chi connectivity index (χ4v) is 2.85. The summed E-state index contributed by atoms with van der Waals surface area (Å²) >= 11 is 0. The number of rotatable bonds is 5. The quantitative estimate of drug-likeness (QED) is 0.705. The summed E-state index contributed by atoms with van der Waals surface area (Å²) in [5.74, 6) is 2.56. The second-order valence-corrected chi connectivity index (χ2v) is 5.68. The van der Waals surface area contributed by atoms with Gasteiger partial charge in [-0.15, -0.1) is 0 Å². The number of fused-ring (bicyclic) bond motifs is 2. The van der Waals surface area contributed by atoms with Gasteiger partial charge in [-0.25, -0.2) is 0 Å². The van der Waals surface area contributed by atoms with E-state index in [1.54, 1.807) is 0 Å². The predicted molar refractivity (Wildman–Crippen MR) is 62.9 cm³/mol. The van der Waals surface area contributed by atoms with E-state index in [0.717, 1.165) is 24.4 Å². The standard InChI is InChI=1S/C13H25NO/c1-10(2)5-6-14-8-11-3-4-13-7-12(11)9-15-13/h10-14H,3-9H2,1-2H3. The van der Waals surface area contributed by atoms with Gasteiger partial charge in [-0.2, -0.15) is 0 Å². The Morgan fingerprint density at radius 1 is 1.33 bits per heavy atom. The third kappa shape index (κ3) is 3.18. The average Bonchev–Trinajstić information content (AvgIpc) is 2.58. The molecule has 0 aromatic carbocycles. The minimum atomic E-state index is 0.613. The molecule has 1 saturated carbocycles. The van der Waals surface area contributed by atoms with Crippen molar-refractivity contribution in [1.82, 2.24) is 5.32 Å². The van der Waals surface area contributed by atoms with Gasteiger partial charge in [0, 0.05) is 0 Å². The lowest BCUT2D eigenvalue weighted by molar-refractivity contribution is 0.107. The maximum absolute atomic E-state index is 5.72. The molecule has 0 radical (unpaired) electrons. The van der Waals surface area contributed by atoms with E-state index < -0.39 is 0 Å². The number of hydrogen-bond donors (Lipinski definition) is 1. The van der Waals surface area contributed by atoms with Gasteiger partial charge in [0.2, 0.25) is 0 Å². The van der Waals surface area contributed by atoms with Gasteiger partial charge in [0.05, 0.1) is 12.7 Å². The highest BCUT2D eigenvalue weighted by atomic mass is 16.5. The maximum atomic E-state index is 5.72. The molecule has 2 nitrogen and oxygen atoms in total. The van der Waals surface area contributed by atoms with Crippen LogP contribution in [0.4, 0.5) is 0 Å². The van der Waals surface area contributed by atoms with E-state index in [1.165, 1.54) is 38.8 Å². The molecule has 1 heterocycles. The van der Waals surface area contributed by atoms with Crippen LogP contribution in [0, 0.1) is 17.8 Å².